The molecule has 0 unspecified atom stereocenters. The minimum Gasteiger partial charge on any atom is -0.0622 e. The maximum Gasteiger partial charge on any atom is 0.0523 e. The summed E-state index contributed by atoms with van der Waals surface area (Å²) in [7, 11) is 0. The van der Waals surface area contributed by atoms with Crippen LogP contribution in [0.2, 0.25) is 0 Å². The fraction of sp³-hybridized carbons (Fsp3) is 0.0476. The van der Waals surface area contributed by atoms with Crippen LogP contribution >= 0.6 is 0 Å². The molecule has 0 aromatic heterocycles. The van der Waals surface area contributed by atoms with Crippen LogP contribution in [0.1, 0.15) is 44.5 Å². The first-order chi connectivity index (χ1) is 41.9. The van der Waals surface area contributed by atoms with Crippen LogP contribution in [0.4, 0.5) is 0 Å². The molecule has 39 rings (SSSR count). The first-order valence-electron chi connectivity index (χ1n) is 31.5. The first-order valence-corrected chi connectivity index (χ1v) is 31.5. The van der Waals surface area contributed by atoms with Crippen molar-refractivity contribution in [3.63, 3.8) is 0 Å². The molecule has 5 aliphatic rings. The Kier molecular flexibility index (Phi) is 2.81. The Morgan fingerprint density at radius 2 is 0.250 bits per heavy atom. The zero-order chi connectivity index (χ0) is 49.9. The van der Waals surface area contributed by atoms with Crippen molar-refractivity contribution in [3.8, 4) is 0 Å². The summed E-state index contributed by atoms with van der Waals surface area (Å²) in [5, 5.41) is 103. The lowest BCUT2D eigenvalue weighted by Crippen LogP contribution is -2.45. The average molecular weight is 1020 g/mol. The molecule has 2 atom stereocenters. The summed E-state index contributed by atoms with van der Waals surface area (Å²) in [5.74, 6) is 0. The van der Waals surface area contributed by atoms with Crippen LogP contribution in [0.25, 0.3) is 334 Å². The van der Waals surface area contributed by atoms with Gasteiger partial charge in [0.25, 0.3) is 0 Å². The topological polar surface area (TPSA) is 0 Å². The van der Waals surface area contributed by atoms with E-state index in [1.807, 2.05) is 0 Å². The van der Waals surface area contributed by atoms with Crippen LogP contribution in [-0.4, -0.2) is 0 Å². The van der Waals surface area contributed by atoms with E-state index in [2.05, 4.69) is 60.7 Å². The lowest BCUT2D eigenvalue weighted by Gasteiger charge is -2.49. The van der Waals surface area contributed by atoms with E-state index >= 15 is 0 Å². The van der Waals surface area contributed by atoms with Gasteiger partial charge in [0.1, 0.15) is 0 Å². The van der Waals surface area contributed by atoms with Crippen molar-refractivity contribution in [2.75, 3.05) is 0 Å². The van der Waals surface area contributed by atoms with Crippen LogP contribution in [0.15, 0.2) is 60.7 Å². The molecule has 34 aromatic carbocycles. The highest BCUT2D eigenvalue weighted by molar-refractivity contribution is 6.83. The Morgan fingerprint density at radius 3 is 0.429 bits per heavy atom. The SMILES string of the molecule is c1ccc(C[C@@]23c4c5c6c7c4c4c8c2c2c9c3c3c%10c%11c(c%12c6c6c%13c7c7c4c4c8c8c2c2c%14c9c%10c9c%10c%11c%11c%12c%12c6c6c%13c%13c7c7c4c4c8c2c2c(c9%14)c8c%10c9c%11c%12c%10c6c6c%13c7c7c4c2c2c8c9c%10c6c72)[C@]53Cc2ccccc2)cc1. The number of hydrogen-bond donors (Lipinski definition) is 0. The van der Waals surface area contributed by atoms with Crippen molar-refractivity contribution in [1.82, 2.24) is 0 Å². The standard InChI is InChI=1S/C84H14/c1-3-7-13(8-4-1)11-83-77-69-60-49-41-29-22-16-15-18-23-26(22)37-39-30(23)33-31-24(18)25-19(15)21-20-17(16)27(29)34-36-28(20)35-32(21)40-38(25)44-42(31)51-53-45(33)52-50(39)62(58(60)43(37)41)73(77)75-64(52)65(53)76-74-63(51)59(44)61-54(40)57-48(35)56-47(36)55(46(34)49)66(69)71-68(56)72-67(57)70(61)78(74)84(80(72)79(71)83,82(76)81(75)83)12-14-9-5-2-6-10-14/h1-10H,11-12H2/t83-,84+/m1/s1. The van der Waals surface area contributed by atoms with E-state index in [9.17, 15) is 0 Å². The third-order valence-corrected chi connectivity index (χ3v) is 29.9. The molecule has 0 N–H and O–H groups in total. The Bertz CT molecular complexity index is 9250. The Hall–Kier alpha value is -10.4. The van der Waals surface area contributed by atoms with Gasteiger partial charge in [0.15, 0.2) is 0 Å². The summed E-state index contributed by atoms with van der Waals surface area (Å²) >= 11 is 0. The summed E-state index contributed by atoms with van der Waals surface area (Å²) in [6, 6.07) is 24.2. The second kappa shape index (κ2) is 7.44. The summed E-state index contributed by atoms with van der Waals surface area (Å²) in [4.78, 5) is 0. The van der Waals surface area contributed by atoms with E-state index < -0.39 is 5.41 Å². The zero-order valence-corrected chi connectivity index (χ0v) is 43.2. The molecule has 0 fully saturated rings. The van der Waals surface area contributed by atoms with Crippen LogP contribution in [0.5, 0.6) is 0 Å². The van der Waals surface area contributed by atoms with Gasteiger partial charge in [-0.2, -0.15) is 0 Å². The van der Waals surface area contributed by atoms with Crippen LogP contribution in [0, 0.1) is 0 Å². The average Bonchev–Trinajstić information content (AvgIpc) is 1.39. The van der Waals surface area contributed by atoms with Crippen LogP contribution in [-0.2, 0) is 23.7 Å². The minimum absolute atomic E-state index is 0.376. The smallest absolute Gasteiger partial charge is 0.0523 e. The molecular formula is C84H14. The van der Waals surface area contributed by atoms with Crippen molar-refractivity contribution in [1.29, 1.82) is 0 Å². The zero-order valence-electron chi connectivity index (χ0n) is 43.2. The molecule has 0 amide bonds. The van der Waals surface area contributed by atoms with E-state index in [4.69, 9.17) is 0 Å². The predicted molar refractivity (Wildman–Crippen MR) is 356 cm³/mol. The highest BCUT2D eigenvalue weighted by atomic mass is 14.7. The normalized spacial score (nSPS) is 20.8. The van der Waals surface area contributed by atoms with Gasteiger partial charge < -0.3 is 0 Å². The maximum atomic E-state index is 2.54. The van der Waals surface area contributed by atoms with Gasteiger partial charge >= 0.3 is 0 Å². The van der Waals surface area contributed by atoms with Crippen LogP contribution in [0.3, 0.4) is 0 Å². The summed E-state index contributed by atoms with van der Waals surface area (Å²) in [6.07, 6.45) is 1.98. The molecule has 350 valence electrons. The summed E-state index contributed by atoms with van der Waals surface area (Å²) in [5.41, 5.74) is 12.7. The minimum atomic E-state index is -0.392. The van der Waals surface area contributed by atoms with Gasteiger partial charge in [0, 0.05) is 0 Å². The van der Waals surface area contributed by atoms with E-state index in [-0.39, 0.29) is 5.41 Å². The van der Waals surface area contributed by atoms with Gasteiger partial charge in [-0.1, -0.05) is 60.7 Å². The van der Waals surface area contributed by atoms with Gasteiger partial charge in [-0.25, -0.2) is 0 Å². The second-order valence-corrected chi connectivity index (χ2v) is 30.6. The quantitative estimate of drug-likeness (QED) is 0.122. The molecule has 34 aromatic rings. The molecule has 0 aliphatic heterocycles. The van der Waals surface area contributed by atoms with Crippen molar-refractivity contribution < 1.29 is 0 Å². The molecule has 0 spiro atoms. The lowest BCUT2D eigenvalue weighted by molar-refractivity contribution is 0.538. The second-order valence-electron chi connectivity index (χ2n) is 30.6. The summed E-state index contributed by atoms with van der Waals surface area (Å²) in [6.45, 7) is 0. The van der Waals surface area contributed by atoms with Gasteiger partial charge in [-0.05, 0) is 391 Å². The van der Waals surface area contributed by atoms with Gasteiger partial charge in [0.05, 0.1) is 10.8 Å². The third kappa shape index (κ3) is 1.78. The molecule has 0 saturated carbocycles. The van der Waals surface area contributed by atoms with Crippen molar-refractivity contribution >= 4 is 334 Å². The van der Waals surface area contributed by atoms with E-state index in [0.29, 0.717) is 0 Å². The molecule has 84 heavy (non-hydrogen) atoms. The summed E-state index contributed by atoms with van der Waals surface area (Å²) < 4.78 is 0. The van der Waals surface area contributed by atoms with Gasteiger partial charge in [-0.15, -0.1) is 0 Å². The third-order valence-electron chi connectivity index (χ3n) is 29.9. The van der Waals surface area contributed by atoms with Crippen molar-refractivity contribution in [2.45, 2.75) is 23.7 Å². The lowest BCUT2D eigenvalue weighted by atomic mass is 9.51. The number of rotatable bonds is 4. The van der Waals surface area contributed by atoms with Crippen molar-refractivity contribution in [3.05, 3.63) is 105 Å². The van der Waals surface area contributed by atoms with Crippen LogP contribution < -0.4 is 0 Å². The van der Waals surface area contributed by atoms with E-state index in [0.717, 1.165) is 12.8 Å². The highest BCUT2D eigenvalue weighted by Crippen LogP contribution is 2.85. The van der Waals surface area contributed by atoms with Gasteiger partial charge in [-0.3, -0.25) is 0 Å². The number of benzene rings is 24. The molecular weight excluding hydrogens is 1010 g/mol. The molecule has 0 nitrogen and oxygen atoms in total. The fourth-order valence-electron chi connectivity index (χ4n) is 29.6. The Morgan fingerprint density at radius 1 is 0.131 bits per heavy atom. The molecule has 0 heterocycles. The molecule has 0 radical (unpaired) electrons. The fourth-order valence-corrected chi connectivity index (χ4v) is 29.6. The molecule has 0 bridgehead atoms. The van der Waals surface area contributed by atoms with E-state index in [1.165, 1.54) is 11.1 Å². The first kappa shape index (κ1) is 31.7. The largest absolute Gasteiger partial charge is 0.0622 e. The molecule has 0 saturated heterocycles. The monoisotopic (exact) mass is 1020 g/mol. The van der Waals surface area contributed by atoms with Gasteiger partial charge in [0.2, 0.25) is 0 Å². The van der Waals surface area contributed by atoms with E-state index in [1.54, 1.807) is 367 Å². The Labute approximate surface area is 459 Å². The highest BCUT2D eigenvalue weighted by Gasteiger charge is 2.66. The molecule has 5 aliphatic carbocycles. The molecule has 0 heteroatoms. The van der Waals surface area contributed by atoms with Crippen molar-refractivity contribution in [2.24, 2.45) is 0 Å². The number of hydrogen-bond acceptors (Lipinski definition) is 0. The predicted octanol–water partition coefficient (Wildman–Crippen LogP) is 22.4. The maximum absolute atomic E-state index is 2.54. The Balaban J connectivity index is 1.09.